The molecule has 8 nitrogen and oxygen atoms in total. The van der Waals surface area contributed by atoms with Crippen molar-refractivity contribution in [1.82, 2.24) is 20.2 Å². The normalized spacial score (nSPS) is 14.8. The Morgan fingerprint density at radius 3 is 2.64 bits per heavy atom. The maximum atomic E-state index is 12.8. The van der Waals surface area contributed by atoms with Gasteiger partial charge in [-0.2, -0.15) is 4.68 Å². The van der Waals surface area contributed by atoms with E-state index in [0.717, 1.165) is 35.4 Å². The number of thiophene rings is 1. The maximum absolute atomic E-state index is 12.8. The van der Waals surface area contributed by atoms with Gasteiger partial charge in [0, 0.05) is 17.1 Å². The van der Waals surface area contributed by atoms with Crippen LogP contribution in [0.15, 0.2) is 65.8 Å². The van der Waals surface area contributed by atoms with E-state index in [4.69, 9.17) is 4.74 Å². The minimum Gasteiger partial charge on any atom is -0.465 e. The molecular formula is C26H25N5O3S2. The summed E-state index contributed by atoms with van der Waals surface area (Å²) in [7, 11) is 1.38. The van der Waals surface area contributed by atoms with Gasteiger partial charge >= 0.3 is 5.97 Å². The summed E-state index contributed by atoms with van der Waals surface area (Å²) < 4.78 is 6.71. The van der Waals surface area contributed by atoms with Gasteiger partial charge in [0.2, 0.25) is 11.1 Å². The molecule has 5 rings (SSSR count). The smallest absolute Gasteiger partial charge is 0.341 e. The van der Waals surface area contributed by atoms with Crippen LogP contribution in [-0.2, 0) is 22.4 Å². The monoisotopic (exact) mass is 519 g/mol. The zero-order valence-electron chi connectivity index (χ0n) is 19.7. The van der Waals surface area contributed by atoms with Crippen LogP contribution in [0.5, 0.6) is 0 Å². The fourth-order valence-electron chi connectivity index (χ4n) is 4.43. The lowest BCUT2D eigenvalue weighted by Crippen LogP contribution is -2.16. The zero-order chi connectivity index (χ0) is 24.9. The van der Waals surface area contributed by atoms with Gasteiger partial charge in [-0.05, 0) is 58.9 Å². The highest BCUT2D eigenvalue weighted by atomic mass is 32.2. The quantitative estimate of drug-likeness (QED) is 0.261. The molecule has 2 aromatic heterocycles. The third-order valence-electron chi connectivity index (χ3n) is 6.18. The lowest BCUT2D eigenvalue weighted by molar-refractivity contribution is -0.115. The van der Waals surface area contributed by atoms with Gasteiger partial charge < -0.3 is 10.1 Å². The molecule has 0 radical (unpaired) electrons. The van der Waals surface area contributed by atoms with Crippen molar-refractivity contribution in [2.24, 2.45) is 0 Å². The van der Waals surface area contributed by atoms with Crippen molar-refractivity contribution in [3.05, 3.63) is 82.2 Å². The van der Waals surface area contributed by atoms with Gasteiger partial charge in [0.05, 0.1) is 18.4 Å². The van der Waals surface area contributed by atoms with Gasteiger partial charge in [0.1, 0.15) is 5.00 Å². The van der Waals surface area contributed by atoms with Crippen LogP contribution in [-0.4, -0.2) is 44.9 Å². The predicted molar refractivity (Wildman–Crippen MR) is 140 cm³/mol. The number of esters is 1. The second kappa shape index (κ2) is 11.0. The number of ether oxygens (including phenoxy) is 1. The largest absolute Gasteiger partial charge is 0.465 e. The SMILES string of the molecule is COC(=O)c1c(NC(=O)CCSc2nnnn2-c2ccccc2)sc2c1CCC(c1ccccc1)C2. The molecule has 0 saturated heterocycles. The molecule has 1 aliphatic carbocycles. The van der Waals surface area contributed by atoms with E-state index in [1.165, 1.54) is 35.8 Å². The number of aromatic nitrogens is 4. The number of carbonyl (C=O) groups is 2. The van der Waals surface area contributed by atoms with Gasteiger partial charge in [0.15, 0.2) is 0 Å². The highest BCUT2D eigenvalue weighted by molar-refractivity contribution is 7.99. The molecule has 1 amide bonds. The Balaban J connectivity index is 1.26. The summed E-state index contributed by atoms with van der Waals surface area (Å²) in [5.41, 5.74) is 3.66. The number of para-hydroxylation sites is 1. The third-order valence-corrected chi connectivity index (χ3v) is 8.27. The Morgan fingerprint density at radius 2 is 1.89 bits per heavy atom. The molecule has 1 N–H and O–H groups in total. The van der Waals surface area contributed by atoms with E-state index >= 15 is 0 Å². The van der Waals surface area contributed by atoms with E-state index in [1.807, 2.05) is 36.4 Å². The molecule has 0 bridgehead atoms. The molecule has 0 spiro atoms. The summed E-state index contributed by atoms with van der Waals surface area (Å²) in [6.07, 6.45) is 2.84. The van der Waals surface area contributed by atoms with Crippen LogP contribution >= 0.6 is 23.1 Å². The number of hydrogen-bond donors (Lipinski definition) is 1. The van der Waals surface area contributed by atoms with E-state index in [0.29, 0.717) is 27.4 Å². The van der Waals surface area contributed by atoms with Crippen LogP contribution in [0.25, 0.3) is 5.69 Å². The summed E-state index contributed by atoms with van der Waals surface area (Å²) in [6.45, 7) is 0. The Kier molecular flexibility index (Phi) is 7.43. The van der Waals surface area contributed by atoms with Crippen molar-refractivity contribution in [2.75, 3.05) is 18.2 Å². The predicted octanol–water partition coefficient (Wildman–Crippen LogP) is 4.90. The van der Waals surface area contributed by atoms with Crippen LogP contribution in [0.1, 0.15) is 45.1 Å². The molecule has 10 heteroatoms. The summed E-state index contributed by atoms with van der Waals surface area (Å²) in [5, 5.41) is 16.0. The second-order valence-electron chi connectivity index (χ2n) is 8.41. The molecule has 184 valence electrons. The highest BCUT2D eigenvalue weighted by Crippen LogP contribution is 2.42. The topological polar surface area (TPSA) is 99.0 Å². The van der Waals surface area contributed by atoms with E-state index in [1.54, 1.807) is 4.68 Å². The third kappa shape index (κ3) is 5.19. The van der Waals surface area contributed by atoms with Crippen LogP contribution in [0.2, 0.25) is 0 Å². The second-order valence-corrected chi connectivity index (χ2v) is 10.6. The van der Waals surface area contributed by atoms with Crippen molar-refractivity contribution in [3.63, 3.8) is 0 Å². The lowest BCUT2D eigenvalue weighted by Gasteiger charge is -2.22. The number of carbonyl (C=O) groups excluding carboxylic acids is 2. The van der Waals surface area contributed by atoms with Crippen molar-refractivity contribution >= 4 is 40.0 Å². The Labute approximate surface area is 217 Å². The standard InChI is InChI=1S/C26H25N5O3S2/c1-34-25(33)23-20-13-12-18(17-8-4-2-5-9-17)16-21(20)36-24(23)27-22(32)14-15-35-26-28-29-30-31(26)19-10-6-3-7-11-19/h2-11,18H,12-16H2,1H3,(H,27,32). The number of nitrogens with one attached hydrogen (secondary N) is 1. The Hall–Kier alpha value is -3.50. The van der Waals surface area contributed by atoms with Gasteiger partial charge in [0.25, 0.3) is 0 Å². The summed E-state index contributed by atoms with van der Waals surface area (Å²) in [6, 6.07) is 20.0. The van der Waals surface area contributed by atoms with Gasteiger partial charge in [-0.25, -0.2) is 4.79 Å². The number of tetrazole rings is 1. The zero-order valence-corrected chi connectivity index (χ0v) is 21.3. The minimum absolute atomic E-state index is 0.162. The first-order valence-corrected chi connectivity index (χ1v) is 13.5. The first-order chi connectivity index (χ1) is 17.6. The minimum atomic E-state index is -0.405. The maximum Gasteiger partial charge on any atom is 0.341 e. The summed E-state index contributed by atoms with van der Waals surface area (Å²) in [4.78, 5) is 26.6. The van der Waals surface area contributed by atoms with E-state index < -0.39 is 5.97 Å². The Morgan fingerprint density at radius 1 is 1.14 bits per heavy atom. The van der Waals surface area contributed by atoms with E-state index in [2.05, 4.69) is 45.1 Å². The molecule has 36 heavy (non-hydrogen) atoms. The van der Waals surface area contributed by atoms with Crippen molar-refractivity contribution in [3.8, 4) is 5.69 Å². The number of rotatable bonds is 8. The molecule has 1 aliphatic rings. The van der Waals surface area contributed by atoms with Crippen LogP contribution in [0.3, 0.4) is 0 Å². The molecule has 2 aromatic carbocycles. The molecule has 1 unspecified atom stereocenters. The number of fused-ring (bicyclic) bond motifs is 1. The fourth-order valence-corrected chi connectivity index (χ4v) is 6.59. The van der Waals surface area contributed by atoms with Gasteiger partial charge in [-0.3, -0.25) is 4.79 Å². The summed E-state index contributed by atoms with van der Waals surface area (Å²) in [5.74, 6) is 0.327. The highest BCUT2D eigenvalue weighted by Gasteiger charge is 2.30. The van der Waals surface area contributed by atoms with E-state index in [-0.39, 0.29) is 12.3 Å². The first-order valence-electron chi connectivity index (χ1n) is 11.7. The van der Waals surface area contributed by atoms with Crippen LogP contribution in [0.4, 0.5) is 5.00 Å². The average molecular weight is 520 g/mol. The molecule has 1 atom stereocenters. The number of hydrogen-bond acceptors (Lipinski definition) is 8. The van der Waals surface area contributed by atoms with Gasteiger partial charge in [-0.15, -0.1) is 16.4 Å². The number of methoxy groups -OCH3 is 1. The molecule has 2 heterocycles. The van der Waals surface area contributed by atoms with Crippen molar-refractivity contribution in [2.45, 2.75) is 36.8 Å². The lowest BCUT2D eigenvalue weighted by atomic mass is 9.83. The first kappa shape index (κ1) is 24.2. The van der Waals surface area contributed by atoms with Crippen molar-refractivity contribution in [1.29, 1.82) is 0 Å². The van der Waals surface area contributed by atoms with E-state index in [9.17, 15) is 9.59 Å². The summed E-state index contributed by atoms with van der Waals surface area (Å²) >= 11 is 2.89. The Bertz CT molecular complexity index is 1350. The molecular weight excluding hydrogens is 494 g/mol. The number of nitrogens with zero attached hydrogens (tertiary/aromatic N) is 4. The average Bonchev–Trinajstić information content (AvgIpc) is 3.53. The van der Waals surface area contributed by atoms with Crippen molar-refractivity contribution < 1.29 is 14.3 Å². The van der Waals surface area contributed by atoms with Gasteiger partial charge in [-0.1, -0.05) is 60.3 Å². The number of thioether (sulfide) groups is 1. The van der Waals surface area contributed by atoms with Crippen LogP contribution < -0.4 is 5.32 Å². The number of amides is 1. The number of benzene rings is 2. The molecule has 0 fully saturated rings. The molecule has 0 saturated carbocycles. The van der Waals surface area contributed by atoms with Crippen LogP contribution in [0, 0.1) is 0 Å². The molecule has 4 aromatic rings. The molecule has 0 aliphatic heterocycles. The number of anilines is 1. The fraction of sp³-hybridized carbons (Fsp3) is 0.269.